The van der Waals surface area contributed by atoms with E-state index in [-0.39, 0.29) is 30.0 Å². The number of aromatic amines is 1. The van der Waals surface area contributed by atoms with Crippen LogP contribution in [-0.2, 0) is 26.0 Å². The van der Waals surface area contributed by atoms with E-state index in [1.165, 1.54) is 12.1 Å². The fourth-order valence-electron chi connectivity index (χ4n) is 4.46. The lowest BCUT2D eigenvalue weighted by Gasteiger charge is -2.27. The first-order valence-electron chi connectivity index (χ1n) is 11.2. The van der Waals surface area contributed by atoms with Gasteiger partial charge >= 0.3 is 0 Å². The van der Waals surface area contributed by atoms with Crippen LogP contribution >= 0.6 is 0 Å². The summed E-state index contributed by atoms with van der Waals surface area (Å²) in [6, 6.07) is 15.4. The molecule has 1 aromatic heterocycles. The molecule has 184 valence electrons. The summed E-state index contributed by atoms with van der Waals surface area (Å²) in [5.74, 6) is -2.46. The lowest BCUT2D eigenvalue weighted by atomic mass is 10.1. The molecule has 5 rings (SSSR count). The van der Waals surface area contributed by atoms with Gasteiger partial charge in [-0.15, -0.1) is 0 Å². The SMILES string of the molecule is O=C1CC(N(CCc2c[nH]c3ccccc23)S(=O)(=O)c2ccc(F)cc2)C(=O)N1c1ccc(F)cc1. The predicted octanol–water partition coefficient (Wildman–Crippen LogP) is 4.01. The summed E-state index contributed by atoms with van der Waals surface area (Å²) in [6.45, 7) is -0.0947. The maximum absolute atomic E-state index is 13.7. The van der Waals surface area contributed by atoms with Gasteiger partial charge in [0.05, 0.1) is 17.0 Å². The first-order chi connectivity index (χ1) is 17.3. The topological polar surface area (TPSA) is 90.5 Å². The Morgan fingerprint density at radius 1 is 0.917 bits per heavy atom. The van der Waals surface area contributed by atoms with Crippen LogP contribution in [0.4, 0.5) is 14.5 Å². The number of benzene rings is 3. The van der Waals surface area contributed by atoms with Crippen molar-refractivity contribution in [3.05, 3.63) is 96.2 Å². The van der Waals surface area contributed by atoms with Crippen LogP contribution in [0.5, 0.6) is 0 Å². The third-order valence-corrected chi connectivity index (χ3v) is 8.17. The van der Waals surface area contributed by atoms with E-state index in [1.54, 1.807) is 6.20 Å². The maximum Gasteiger partial charge on any atom is 0.252 e. The number of hydrogen-bond donors (Lipinski definition) is 1. The molecule has 0 bridgehead atoms. The zero-order valence-corrected chi connectivity index (χ0v) is 19.7. The number of carbonyl (C=O) groups excluding carboxylic acids is 2. The summed E-state index contributed by atoms with van der Waals surface area (Å²) < 4.78 is 55.2. The summed E-state index contributed by atoms with van der Waals surface area (Å²) in [7, 11) is -4.28. The van der Waals surface area contributed by atoms with Gasteiger partial charge in [0.1, 0.15) is 17.7 Å². The number of fused-ring (bicyclic) bond motifs is 1. The number of amides is 2. The summed E-state index contributed by atoms with van der Waals surface area (Å²) >= 11 is 0. The molecule has 0 aliphatic carbocycles. The van der Waals surface area contributed by atoms with Crippen molar-refractivity contribution in [1.29, 1.82) is 0 Å². The van der Waals surface area contributed by atoms with E-state index in [0.717, 1.165) is 62.1 Å². The van der Waals surface area contributed by atoms with Crippen molar-refractivity contribution in [1.82, 2.24) is 9.29 Å². The van der Waals surface area contributed by atoms with Crippen molar-refractivity contribution in [3.8, 4) is 0 Å². The molecule has 0 saturated carbocycles. The monoisotopic (exact) mass is 509 g/mol. The van der Waals surface area contributed by atoms with E-state index < -0.39 is 39.5 Å². The first kappa shape index (κ1) is 23.8. The molecule has 2 heterocycles. The number of imide groups is 1. The second-order valence-electron chi connectivity index (χ2n) is 8.44. The van der Waals surface area contributed by atoms with Crippen LogP contribution in [0.3, 0.4) is 0 Å². The highest BCUT2D eigenvalue weighted by atomic mass is 32.2. The van der Waals surface area contributed by atoms with Crippen LogP contribution in [0.1, 0.15) is 12.0 Å². The molecule has 0 radical (unpaired) electrons. The van der Waals surface area contributed by atoms with E-state index in [4.69, 9.17) is 0 Å². The lowest BCUT2D eigenvalue weighted by molar-refractivity contribution is -0.122. The Kier molecular flexibility index (Phi) is 6.15. The fourth-order valence-corrected chi connectivity index (χ4v) is 6.04. The smallest absolute Gasteiger partial charge is 0.252 e. The number of nitrogens with zero attached hydrogens (tertiary/aromatic N) is 2. The van der Waals surface area contributed by atoms with Gasteiger partial charge in [-0.1, -0.05) is 18.2 Å². The molecule has 2 amide bonds. The fraction of sp³-hybridized carbons (Fsp3) is 0.154. The van der Waals surface area contributed by atoms with Crippen LogP contribution in [0.2, 0.25) is 0 Å². The molecule has 1 atom stereocenters. The minimum absolute atomic E-state index is 0.0947. The van der Waals surface area contributed by atoms with Crippen LogP contribution in [0.15, 0.2) is 83.9 Å². The molecular weight excluding hydrogens is 488 g/mol. The molecule has 1 aliphatic rings. The van der Waals surface area contributed by atoms with Crippen molar-refractivity contribution in [3.63, 3.8) is 0 Å². The van der Waals surface area contributed by atoms with Gasteiger partial charge in [-0.3, -0.25) is 9.59 Å². The first-order valence-corrected chi connectivity index (χ1v) is 12.6. The predicted molar refractivity (Wildman–Crippen MR) is 130 cm³/mol. The molecular formula is C26H21F2N3O4S. The summed E-state index contributed by atoms with van der Waals surface area (Å²) in [4.78, 5) is 30.0. The average molecular weight is 510 g/mol. The van der Waals surface area contributed by atoms with Crippen LogP contribution in [-0.4, -0.2) is 42.1 Å². The number of anilines is 1. The number of aromatic nitrogens is 1. The van der Waals surface area contributed by atoms with E-state index >= 15 is 0 Å². The van der Waals surface area contributed by atoms with Crippen molar-refractivity contribution in [2.75, 3.05) is 11.4 Å². The molecule has 1 aliphatic heterocycles. The zero-order valence-electron chi connectivity index (χ0n) is 18.9. The Morgan fingerprint density at radius 3 is 2.25 bits per heavy atom. The molecule has 36 heavy (non-hydrogen) atoms. The summed E-state index contributed by atoms with van der Waals surface area (Å²) in [5, 5.41) is 0.915. The highest BCUT2D eigenvalue weighted by molar-refractivity contribution is 7.89. The van der Waals surface area contributed by atoms with Crippen molar-refractivity contribution < 1.29 is 26.8 Å². The largest absolute Gasteiger partial charge is 0.361 e. The van der Waals surface area contributed by atoms with Gasteiger partial charge < -0.3 is 4.98 Å². The Hall–Kier alpha value is -3.89. The van der Waals surface area contributed by atoms with Gasteiger partial charge in [0.15, 0.2) is 0 Å². The average Bonchev–Trinajstić information content (AvgIpc) is 3.40. The number of H-pyrrole nitrogens is 1. The van der Waals surface area contributed by atoms with Gasteiger partial charge in [-0.25, -0.2) is 22.1 Å². The third kappa shape index (κ3) is 4.29. The zero-order chi connectivity index (χ0) is 25.4. The molecule has 1 N–H and O–H groups in total. The number of sulfonamides is 1. The number of halogens is 2. The van der Waals surface area contributed by atoms with Crippen molar-refractivity contribution in [2.45, 2.75) is 23.8 Å². The highest BCUT2D eigenvalue weighted by Gasteiger charge is 2.46. The van der Waals surface area contributed by atoms with Crippen LogP contribution in [0.25, 0.3) is 10.9 Å². The second-order valence-corrected chi connectivity index (χ2v) is 10.3. The standard InChI is InChI=1S/C26H21F2N3O4S/c27-18-5-9-20(10-6-18)31-25(32)15-24(26(31)33)30(36(34,35)21-11-7-19(28)8-12-21)14-13-17-16-29-23-4-2-1-3-22(17)23/h1-12,16,24,29H,13-15H2. The Morgan fingerprint density at radius 2 is 1.56 bits per heavy atom. The quantitative estimate of drug-likeness (QED) is 0.381. The molecule has 1 unspecified atom stereocenters. The number of rotatable bonds is 7. The summed E-state index contributed by atoms with van der Waals surface area (Å²) in [5.41, 5.74) is 1.89. The Labute approximate surface area is 206 Å². The Balaban J connectivity index is 1.51. The third-order valence-electron chi connectivity index (χ3n) is 6.25. The lowest BCUT2D eigenvalue weighted by Crippen LogP contribution is -2.46. The van der Waals surface area contributed by atoms with Gasteiger partial charge in [-0.2, -0.15) is 4.31 Å². The number of hydrogen-bond acceptors (Lipinski definition) is 4. The highest BCUT2D eigenvalue weighted by Crippen LogP contribution is 2.30. The van der Waals surface area contributed by atoms with E-state index in [9.17, 15) is 26.8 Å². The molecule has 0 spiro atoms. The number of para-hydroxylation sites is 1. The van der Waals surface area contributed by atoms with Crippen molar-refractivity contribution >= 4 is 38.4 Å². The van der Waals surface area contributed by atoms with Gasteiger partial charge in [-0.05, 0) is 66.6 Å². The van der Waals surface area contributed by atoms with Crippen molar-refractivity contribution in [2.24, 2.45) is 0 Å². The molecule has 1 saturated heterocycles. The molecule has 4 aromatic rings. The number of carbonyl (C=O) groups is 2. The molecule has 3 aromatic carbocycles. The molecule has 1 fully saturated rings. The number of nitrogens with one attached hydrogen (secondary N) is 1. The van der Waals surface area contributed by atoms with Crippen LogP contribution < -0.4 is 4.90 Å². The normalized spacial score (nSPS) is 16.4. The van der Waals surface area contributed by atoms with E-state index in [1.807, 2.05) is 24.3 Å². The van der Waals surface area contributed by atoms with Crippen LogP contribution in [0, 0.1) is 11.6 Å². The Bertz CT molecular complexity index is 1550. The molecule has 7 nitrogen and oxygen atoms in total. The molecule has 10 heteroatoms. The second kappa shape index (κ2) is 9.29. The maximum atomic E-state index is 13.7. The van der Waals surface area contributed by atoms with E-state index in [0.29, 0.717) is 0 Å². The van der Waals surface area contributed by atoms with Gasteiger partial charge in [0, 0.05) is 23.6 Å². The minimum Gasteiger partial charge on any atom is -0.361 e. The summed E-state index contributed by atoms with van der Waals surface area (Å²) in [6.07, 6.45) is 1.67. The van der Waals surface area contributed by atoms with Gasteiger partial charge in [0.25, 0.3) is 5.91 Å². The minimum atomic E-state index is -4.28. The van der Waals surface area contributed by atoms with Gasteiger partial charge in [0.2, 0.25) is 15.9 Å². The van der Waals surface area contributed by atoms with E-state index in [2.05, 4.69) is 4.98 Å².